The zero-order valence-corrected chi connectivity index (χ0v) is 7.81. The highest BCUT2D eigenvalue weighted by Gasteiger charge is 2.06. The Morgan fingerprint density at radius 2 is 2.14 bits per heavy atom. The van der Waals surface area contributed by atoms with Crippen molar-refractivity contribution in [1.82, 2.24) is 5.32 Å². The van der Waals surface area contributed by atoms with Crippen LogP contribution >= 0.6 is 0 Å². The largest absolute Gasteiger partial charge is 0.480 e. The van der Waals surface area contributed by atoms with Crippen molar-refractivity contribution >= 4 is 5.97 Å². The minimum atomic E-state index is -0.868. The van der Waals surface area contributed by atoms with Crippen molar-refractivity contribution in [3.8, 4) is 0 Å². The molecule has 0 spiro atoms. The molecule has 74 valence electrons. The van der Waals surface area contributed by atoms with Gasteiger partial charge in [-0.1, -0.05) is 36.4 Å². The summed E-state index contributed by atoms with van der Waals surface area (Å²) in [5.74, 6) is -0.868. The van der Waals surface area contributed by atoms with Gasteiger partial charge in [-0.05, 0) is 5.56 Å². The molecule has 1 atom stereocenters. The van der Waals surface area contributed by atoms with E-state index in [1.54, 1.807) is 6.08 Å². The fourth-order valence-electron chi connectivity index (χ4n) is 1.19. The number of benzene rings is 1. The van der Waals surface area contributed by atoms with Crippen LogP contribution in [0, 0.1) is 0 Å². The van der Waals surface area contributed by atoms with Gasteiger partial charge >= 0.3 is 5.97 Å². The van der Waals surface area contributed by atoms with E-state index in [4.69, 9.17) is 5.11 Å². The third-order valence-electron chi connectivity index (χ3n) is 1.87. The molecule has 1 aromatic carbocycles. The molecule has 3 heteroatoms. The van der Waals surface area contributed by atoms with Gasteiger partial charge in [0.25, 0.3) is 0 Å². The van der Waals surface area contributed by atoms with Crippen molar-refractivity contribution in [1.29, 1.82) is 0 Å². The Hall–Kier alpha value is -1.61. The van der Waals surface area contributed by atoms with Gasteiger partial charge in [0.15, 0.2) is 0 Å². The minimum absolute atomic E-state index is 0.0639. The first kappa shape index (κ1) is 10.5. The maximum Gasteiger partial charge on any atom is 0.317 e. The first-order valence-electron chi connectivity index (χ1n) is 4.36. The standard InChI is InChI=1S/C11H13NO2/c1-2-10(12-8-11(13)14)9-6-4-3-5-7-9/h2-7,10,12H,1,8H2,(H,13,14). The molecule has 1 aromatic rings. The molecular weight excluding hydrogens is 178 g/mol. The van der Waals surface area contributed by atoms with Crippen molar-refractivity contribution in [2.45, 2.75) is 6.04 Å². The smallest absolute Gasteiger partial charge is 0.317 e. The van der Waals surface area contributed by atoms with Crippen LogP contribution in [0.15, 0.2) is 43.0 Å². The second kappa shape index (κ2) is 5.19. The SMILES string of the molecule is C=CC(NCC(=O)O)c1ccccc1. The van der Waals surface area contributed by atoms with Crippen LogP contribution in [0.4, 0.5) is 0 Å². The molecule has 0 aliphatic heterocycles. The molecule has 0 radical (unpaired) electrons. The number of rotatable bonds is 5. The van der Waals surface area contributed by atoms with Gasteiger partial charge in [-0.15, -0.1) is 6.58 Å². The number of hydrogen-bond acceptors (Lipinski definition) is 2. The van der Waals surface area contributed by atoms with Crippen LogP contribution in [-0.2, 0) is 4.79 Å². The Bertz CT molecular complexity index is 308. The Kier molecular flexibility index (Phi) is 3.88. The summed E-state index contributed by atoms with van der Waals surface area (Å²) in [6, 6.07) is 9.50. The minimum Gasteiger partial charge on any atom is -0.480 e. The molecule has 0 saturated heterocycles. The predicted octanol–water partition coefficient (Wildman–Crippen LogP) is 1.59. The molecule has 0 aliphatic rings. The maximum absolute atomic E-state index is 10.4. The number of carboxylic acid groups (broad SMARTS) is 1. The van der Waals surface area contributed by atoms with Gasteiger partial charge in [-0.25, -0.2) is 0 Å². The summed E-state index contributed by atoms with van der Waals surface area (Å²) in [4.78, 5) is 10.4. The number of hydrogen-bond donors (Lipinski definition) is 2. The van der Waals surface area contributed by atoms with Gasteiger partial charge in [0.1, 0.15) is 0 Å². The van der Waals surface area contributed by atoms with Gasteiger partial charge < -0.3 is 5.11 Å². The van der Waals surface area contributed by atoms with Gasteiger partial charge in [0, 0.05) is 0 Å². The van der Waals surface area contributed by atoms with Crippen LogP contribution in [0.3, 0.4) is 0 Å². The lowest BCUT2D eigenvalue weighted by Crippen LogP contribution is -2.26. The summed E-state index contributed by atoms with van der Waals surface area (Å²) in [5.41, 5.74) is 1.02. The molecule has 3 nitrogen and oxygen atoms in total. The van der Waals surface area contributed by atoms with Gasteiger partial charge in [-0.3, -0.25) is 10.1 Å². The fraction of sp³-hybridized carbons (Fsp3) is 0.182. The molecule has 1 rings (SSSR count). The van der Waals surface area contributed by atoms with Crippen LogP contribution in [0.2, 0.25) is 0 Å². The second-order valence-electron chi connectivity index (χ2n) is 2.90. The molecule has 0 fully saturated rings. The van der Waals surface area contributed by atoms with Gasteiger partial charge in [-0.2, -0.15) is 0 Å². The van der Waals surface area contributed by atoms with Crippen LogP contribution in [-0.4, -0.2) is 17.6 Å². The third kappa shape index (κ3) is 3.03. The average molecular weight is 191 g/mol. The first-order valence-corrected chi connectivity index (χ1v) is 4.36. The zero-order valence-electron chi connectivity index (χ0n) is 7.81. The van der Waals surface area contributed by atoms with E-state index in [0.717, 1.165) is 5.56 Å². The lowest BCUT2D eigenvalue weighted by molar-refractivity contribution is -0.136. The summed E-state index contributed by atoms with van der Waals surface area (Å²) >= 11 is 0. The lowest BCUT2D eigenvalue weighted by Gasteiger charge is -2.13. The van der Waals surface area contributed by atoms with Crippen LogP contribution < -0.4 is 5.32 Å². The Morgan fingerprint density at radius 1 is 1.50 bits per heavy atom. The first-order chi connectivity index (χ1) is 6.74. The molecule has 0 bridgehead atoms. The highest BCUT2D eigenvalue weighted by Crippen LogP contribution is 2.12. The van der Waals surface area contributed by atoms with E-state index in [1.165, 1.54) is 0 Å². The lowest BCUT2D eigenvalue weighted by atomic mass is 10.1. The molecule has 2 N–H and O–H groups in total. The Morgan fingerprint density at radius 3 is 2.64 bits per heavy atom. The molecule has 0 aliphatic carbocycles. The molecule has 1 unspecified atom stereocenters. The normalized spacial score (nSPS) is 12.0. The summed E-state index contributed by atoms with van der Waals surface area (Å²) in [6.07, 6.45) is 1.69. The van der Waals surface area contributed by atoms with E-state index in [1.807, 2.05) is 30.3 Å². The predicted molar refractivity (Wildman–Crippen MR) is 55.0 cm³/mol. The van der Waals surface area contributed by atoms with E-state index in [-0.39, 0.29) is 12.6 Å². The van der Waals surface area contributed by atoms with Crippen molar-refractivity contribution < 1.29 is 9.90 Å². The number of aliphatic carboxylic acids is 1. The van der Waals surface area contributed by atoms with Crippen LogP contribution in [0.1, 0.15) is 11.6 Å². The molecule has 0 heterocycles. The summed E-state index contributed by atoms with van der Waals surface area (Å²) in [6.45, 7) is 3.60. The molecule has 0 aromatic heterocycles. The number of carboxylic acids is 1. The Balaban J connectivity index is 2.63. The van der Waals surface area contributed by atoms with Gasteiger partial charge in [0.2, 0.25) is 0 Å². The number of nitrogens with one attached hydrogen (secondary N) is 1. The molecule has 14 heavy (non-hydrogen) atoms. The summed E-state index contributed by atoms with van der Waals surface area (Å²) in [5, 5.41) is 11.4. The number of carbonyl (C=O) groups is 1. The van der Waals surface area contributed by atoms with E-state index in [0.29, 0.717) is 0 Å². The zero-order chi connectivity index (χ0) is 10.4. The molecule has 0 saturated carbocycles. The monoisotopic (exact) mass is 191 g/mol. The van der Waals surface area contributed by atoms with Crippen molar-refractivity contribution in [3.05, 3.63) is 48.6 Å². The van der Waals surface area contributed by atoms with E-state index in [2.05, 4.69) is 11.9 Å². The maximum atomic E-state index is 10.4. The third-order valence-corrected chi connectivity index (χ3v) is 1.87. The van der Waals surface area contributed by atoms with Crippen molar-refractivity contribution in [2.75, 3.05) is 6.54 Å². The van der Waals surface area contributed by atoms with E-state index < -0.39 is 5.97 Å². The fourth-order valence-corrected chi connectivity index (χ4v) is 1.19. The van der Waals surface area contributed by atoms with Crippen molar-refractivity contribution in [2.24, 2.45) is 0 Å². The molecular formula is C11H13NO2. The van der Waals surface area contributed by atoms with Crippen LogP contribution in [0.25, 0.3) is 0 Å². The summed E-state index contributed by atoms with van der Waals surface area (Å²) < 4.78 is 0. The van der Waals surface area contributed by atoms with E-state index >= 15 is 0 Å². The summed E-state index contributed by atoms with van der Waals surface area (Å²) in [7, 11) is 0. The second-order valence-corrected chi connectivity index (χ2v) is 2.90. The quantitative estimate of drug-likeness (QED) is 0.695. The van der Waals surface area contributed by atoms with Crippen molar-refractivity contribution in [3.63, 3.8) is 0 Å². The molecule has 0 amide bonds. The van der Waals surface area contributed by atoms with Gasteiger partial charge in [0.05, 0.1) is 12.6 Å². The average Bonchev–Trinajstić information content (AvgIpc) is 2.20. The Labute approximate surface area is 83.1 Å². The highest BCUT2D eigenvalue weighted by molar-refractivity contribution is 5.69. The van der Waals surface area contributed by atoms with E-state index in [9.17, 15) is 4.79 Å². The highest BCUT2D eigenvalue weighted by atomic mass is 16.4. The topological polar surface area (TPSA) is 49.3 Å². The van der Waals surface area contributed by atoms with Crippen LogP contribution in [0.5, 0.6) is 0 Å².